The molecule has 0 atom stereocenters. The molecule has 4 heteroatoms. The van der Waals surface area contributed by atoms with Gasteiger partial charge in [0, 0.05) is 6.42 Å². The van der Waals surface area contributed by atoms with E-state index < -0.39 is 11.4 Å². The second-order valence-corrected chi connectivity index (χ2v) is 5.51. The Morgan fingerprint density at radius 1 is 1.30 bits per heavy atom. The lowest BCUT2D eigenvalue weighted by molar-refractivity contribution is 0.292. The number of benzene rings is 1. The molecule has 0 saturated heterocycles. The summed E-state index contributed by atoms with van der Waals surface area (Å²) in [6, 6.07) is 5.02. The molecule has 0 radical (unpaired) electrons. The molecule has 1 aromatic heterocycles. The first-order chi connectivity index (χ1) is 11.2. The summed E-state index contributed by atoms with van der Waals surface area (Å²) in [4.78, 5) is 12.1. The van der Waals surface area contributed by atoms with Crippen LogP contribution in [0.4, 0.5) is 4.39 Å². The van der Waals surface area contributed by atoms with E-state index in [-0.39, 0.29) is 11.1 Å². The third-order valence-corrected chi connectivity index (χ3v) is 3.68. The summed E-state index contributed by atoms with van der Waals surface area (Å²) >= 11 is 0. The Hall–Kier alpha value is -2.10. The second-order valence-electron chi connectivity index (χ2n) is 5.51. The molecule has 1 heterocycles. The van der Waals surface area contributed by atoms with Crippen LogP contribution in [0, 0.1) is 5.82 Å². The molecule has 1 aromatic carbocycles. The van der Waals surface area contributed by atoms with Gasteiger partial charge in [-0.1, -0.05) is 38.0 Å². The average Bonchev–Trinajstić information content (AvgIpc) is 2.53. The Morgan fingerprint density at radius 3 is 2.87 bits per heavy atom. The highest BCUT2D eigenvalue weighted by molar-refractivity contribution is 5.83. The molecule has 3 nitrogen and oxygen atoms in total. The number of hydrogen-bond acceptors (Lipinski definition) is 3. The standard InChI is InChI=1S/C19H23FO3/c1-3-5-7-9-15-13-14-10-11-16(22-12-8-6-4-2)18(20)17(14)19(21)23-15/h3,5,10-11,13H,4,6-9,12H2,1-2H3/b5-3+. The first-order valence-corrected chi connectivity index (χ1v) is 8.16. The Bertz CT molecular complexity index is 731. The predicted octanol–water partition coefficient (Wildman–Crippen LogP) is 5.01. The molecule has 124 valence electrons. The fourth-order valence-electron chi connectivity index (χ4n) is 2.43. The average molecular weight is 318 g/mol. The molecule has 0 spiro atoms. The highest BCUT2D eigenvalue weighted by atomic mass is 19.1. The maximum Gasteiger partial charge on any atom is 0.346 e. The van der Waals surface area contributed by atoms with Crippen molar-refractivity contribution in [2.45, 2.75) is 46.0 Å². The smallest absolute Gasteiger partial charge is 0.346 e. The number of fused-ring (bicyclic) bond motifs is 1. The van der Waals surface area contributed by atoms with E-state index in [2.05, 4.69) is 6.92 Å². The van der Waals surface area contributed by atoms with Crippen molar-refractivity contribution in [3.63, 3.8) is 0 Å². The number of unbranched alkanes of at least 4 members (excludes halogenated alkanes) is 2. The largest absolute Gasteiger partial charge is 0.490 e. The molecule has 0 fully saturated rings. The summed E-state index contributed by atoms with van der Waals surface area (Å²) in [6.07, 6.45) is 8.32. The molecule has 0 unspecified atom stereocenters. The molecule has 23 heavy (non-hydrogen) atoms. The lowest BCUT2D eigenvalue weighted by Gasteiger charge is -2.09. The van der Waals surface area contributed by atoms with Crippen LogP contribution in [0.2, 0.25) is 0 Å². The monoisotopic (exact) mass is 318 g/mol. The molecule has 0 N–H and O–H groups in total. The Labute approximate surface area is 135 Å². The fourth-order valence-corrected chi connectivity index (χ4v) is 2.43. The third kappa shape index (κ3) is 4.44. The third-order valence-electron chi connectivity index (χ3n) is 3.68. The van der Waals surface area contributed by atoms with E-state index in [4.69, 9.17) is 9.15 Å². The molecule has 2 aromatic rings. The van der Waals surface area contributed by atoms with Crippen LogP contribution < -0.4 is 10.4 Å². The van der Waals surface area contributed by atoms with Gasteiger partial charge in [0.1, 0.15) is 11.1 Å². The van der Waals surface area contributed by atoms with E-state index in [9.17, 15) is 9.18 Å². The minimum Gasteiger partial charge on any atom is -0.490 e. The molecule has 0 amide bonds. The maximum atomic E-state index is 14.5. The van der Waals surface area contributed by atoms with Crippen molar-refractivity contribution in [1.82, 2.24) is 0 Å². The van der Waals surface area contributed by atoms with Gasteiger partial charge in [-0.2, -0.15) is 0 Å². The number of halogens is 1. The molecule has 0 bridgehead atoms. The van der Waals surface area contributed by atoms with Crippen LogP contribution in [0.25, 0.3) is 10.8 Å². The van der Waals surface area contributed by atoms with Crippen molar-refractivity contribution in [1.29, 1.82) is 0 Å². The number of hydrogen-bond donors (Lipinski definition) is 0. The van der Waals surface area contributed by atoms with Gasteiger partial charge in [-0.15, -0.1) is 0 Å². The Morgan fingerprint density at radius 2 is 2.13 bits per heavy atom. The SMILES string of the molecule is C/C=C/CCc1cc2ccc(OCCCCC)c(F)c2c(=O)o1. The zero-order chi connectivity index (χ0) is 16.7. The van der Waals surface area contributed by atoms with Crippen LogP contribution in [0.15, 0.2) is 39.6 Å². The second kappa shape index (κ2) is 8.51. The number of ether oxygens (including phenoxy) is 1. The molecular weight excluding hydrogens is 295 g/mol. The van der Waals surface area contributed by atoms with Gasteiger partial charge in [-0.25, -0.2) is 9.18 Å². The lowest BCUT2D eigenvalue weighted by Crippen LogP contribution is -2.07. The Balaban J connectivity index is 2.25. The van der Waals surface area contributed by atoms with Crippen LogP contribution in [0.5, 0.6) is 5.75 Å². The summed E-state index contributed by atoms with van der Waals surface area (Å²) in [5, 5.41) is 0.517. The van der Waals surface area contributed by atoms with Gasteiger partial charge in [0.05, 0.1) is 6.61 Å². The molecule has 0 aliphatic rings. The zero-order valence-corrected chi connectivity index (χ0v) is 13.7. The van der Waals surface area contributed by atoms with Gasteiger partial charge in [0.15, 0.2) is 11.6 Å². The van der Waals surface area contributed by atoms with E-state index in [0.29, 0.717) is 24.2 Å². The summed E-state index contributed by atoms with van der Waals surface area (Å²) in [5.74, 6) is 0.0481. The van der Waals surface area contributed by atoms with E-state index >= 15 is 0 Å². The van der Waals surface area contributed by atoms with Crippen molar-refractivity contribution in [2.75, 3.05) is 6.61 Å². The van der Waals surface area contributed by atoms with E-state index in [0.717, 1.165) is 25.7 Å². The van der Waals surface area contributed by atoms with Crippen molar-refractivity contribution in [2.24, 2.45) is 0 Å². The first-order valence-electron chi connectivity index (χ1n) is 8.16. The van der Waals surface area contributed by atoms with Crippen molar-refractivity contribution in [3.8, 4) is 5.75 Å². The number of rotatable bonds is 8. The van der Waals surface area contributed by atoms with Gasteiger partial charge in [-0.05, 0) is 37.3 Å². The number of aryl methyl sites for hydroxylation is 1. The lowest BCUT2D eigenvalue weighted by atomic mass is 10.1. The minimum absolute atomic E-state index is 0.0345. The van der Waals surface area contributed by atoms with Crippen LogP contribution in [0.1, 0.15) is 45.3 Å². The molecule has 0 saturated carbocycles. The molecular formula is C19H23FO3. The summed E-state index contributed by atoms with van der Waals surface area (Å²) < 4.78 is 25.2. The molecule has 0 aliphatic heterocycles. The van der Waals surface area contributed by atoms with Crippen molar-refractivity contribution < 1.29 is 13.5 Å². The van der Waals surface area contributed by atoms with E-state index in [1.165, 1.54) is 0 Å². The summed E-state index contributed by atoms with van der Waals surface area (Å²) in [7, 11) is 0. The van der Waals surface area contributed by atoms with Gasteiger partial charge >= 0.3 is 5.63 Å². The normalized spacial score (nSPS) is 11.4. The van der Waals surface area contributed by atoms with Crippen LogP contribution in [0.3, 0.4) is 0 Å². The molecule has 0 aliphatic carbocycles. The van der Waals surface area contributed by atoms with Crippen molar-refractivity contribution >= 4 is 10.8 Å². The molecule has 2 rings (SSSR count). The predicted molar refractivity (Wildman–Crippen MR) is 90.6 cm³/mol. The van der Waals surface area contributed by atoms with Crippen LogP contribution in [-0.2, 0) is 6.42 Å². The van der Waals surface area contributed by atoms with E-state index in [1.54, 1.807) is 18.2 Å². The van der Waals surface area contributed by atoms with Gasteiger partial charge in [0.2, 0.25) is 0 Å². The summed E-state index contributed by atoms with van der Waals surface area (Å²) in [5.41, 5.74) is -0.644. The van der Waals surface area contributed by atoms with Gasteiger partial charge in [0.25, 0.3) is 0 Å². The minimum atomic E-state index is -0.644. The number of allylic oxidation sites excluding steroid dienone is 2. The van der Waals surface area contributed by atoms with Crippen molar-refractivity contribution in [3.05, 3.63) is 52.3 Å². The summed E-state index contributed by atoms with van der Waals surface area (Å²) in [6.45, 7) is 4.48. The van der Waals surface area contributed by atoms with Gasteiger partial charge < -0.3 is 9.15 Å². The topological polar surface area (TPSA) is 39.4 Å². The van der Waals surface area contributed by atoms with E-state index in [1.807, 2.05) is 19.1 Å². The van der Waals surface area contributed by atoms with Crippen LogP contribution in [-0.4, -0.2) is 6.61 Å². The zero-order valence-electron chi connectivity index (χ0n) is 13.7. The first kappa shape index (κ1) is 17.3. The van der Waals surface area contributed by atoms with Gasteiger partial charge in [-0.3, -0.25) is 0 Å². The van der Waals surface area contributed by atoms with Crippen LogP contribution >= 0.6 is 0 Å². The Kier molecular flexibility index (Phi) is 6.39. The fraction of sp³-hybridized carbons (Fsp3) is 0.421. The highest BCUT2D eigenvalue weighted by Gasteiger charge is 2.14. The maximum absolute atomic E-state index is 14.5. The highest BCUT2D eigenvalue weighted by Crippen LogP contribution is 2.25. The quantitative estimate of drug-likeness (QED) is 0.507.